The summed E-state index contributed by atoms with van der Waals surface area (Å²) in [7, 11) is 0. The standard InChI is InChI=1S/C23H21N3O7S/c1-3-31-20-12-16(7-9-19(20)33-23(28)21-5-4-10-34-21)13-24-25-22(27)14-32-18-8-6-15(2)11-17(18)26(29)30/h4-13H,3,14H2,1-2H3,(H,25,27). The van der Waals surface area contributed by atoms with Gasteiger partial charge >= 0.3 is 11.7 Å². The van der Waals surface area contributed by atoms with Crippen LogP contribution < -0.4 is 19.6 Å². The van der Waals surface area contributed by atoms with Crippen LogP contribution in [-0.2, 0) is 4.79 Å². The summed E-state index contributed by atoms with van der Waals surface area (Å²) in [6, 6.07) is 12.7. The number of carbonyl (C=O) groups is 2. The first-order valence-electron chi connectivity index (χ1n) is 10.1. The van der Waals surface area contributed by atoms with Gasteiger partial charge in [-0.25, -0.2) is 10.2 Å². The van der Waals surface area contributed by atoms with Crippen molar-refractivity contribution >= 4 is 35.1 Å². The van der Waals surface area contributed by atoms with E-state index in [1.54, 1.807) is 55.6 Å². The number of nitro benzene ring substituents is 1. The fourth-order valence-corrected chi connectivity index (χ4v) is 3.35. The van der Waals surface area contributed by atoms with Crippen molar-refractivity contribution in [1.29, 1.82) is 0 Å². The Bertz CT molecular complexity index is 1210. The van der Waals surface area contributed by atoms with Gasteiger partial charge in [0.1, 0.15) is 4.88 Å². The van der Waals surface area contributed by atoms with Crippen LogP contribution in [0.4, 0.5) is 5.69 Å². The number of amides is 1. The molecule has 0 atom stereocenters. The van der Waals surface area contributed by atoms with E-state index in [4.69, 9.17) is 14.2 Å². The number of esters is 1. The molecule has 0 radical (unpaired) electrons. The highest BCUT2D eigenvalue weighted by molar-refractivity contribution is 7.12. The molecule has 1 aromatic heterocycles. The van der Waals surface area contributed by atoms with Crippen molar-refractivity contribution in [1.82, 2.24) is 5.43 Å². The molecule has 0 aliphatic heterocycles. The maximum atomic E-state index is 12.2. The highest BCUT2D eigenvalue weighted by Gasteiger charge is 2.16. The van der Waals surface area contributed by atoms with Gasteiger partial charge in [0.15, 0.2) is 23.9 Å². The summed E-state index contributed by atoms with van der Waals surface area (Å²) < 4.78 is 16.2. The Morgan fingerprint density at radius 1 is 1.12 bits per heavy atom. The summed E-state index contributed by atoms with van der Waals surface area (Å²) in [4.78, 5) is 35.2. The van der Waals surface area contributed by atoms with E-state index in [-0.39, 0.29) is 17.2 Å². The molecule has 0 spiro atoms. The number of carbonyl (C=O) groups excluding carboxylic acids is 2. The molecule has 0 aliphatic rings. The van der Waals surface area contributed by atoms with Gasteiger partial charge in [0.2, 0.25) is 0 Å². The van der Waals surface area contributed by atoms with Gasteiger partial charge < -0.3 is 14.2 Å². The Hall–Kier alpha value is -4.25. The number of nitrogens with one attached hydrogen (secondary N) is 1. The largest absolute Gasteiger partial charge is 0.490 e. The van der Waals surface area contributed by atoms with Crippen molar-refractivity contribution in [3.05, 3.63) is 80.0 Å². The maximum absolute atomic E-state index is 12.2. The number of hydrogen-bond donors (Lipinski definition) is 1. The van der Waals surface area contributed by atoms with Crippen molar-refractivity contribution in [3.8, 4) is 17.2 Å². The summed E-state index contributed by atoms with van der Waals surface area (Å²) in [5, 5.41) is 16.8. The zero-order chi connectivity index (χ0) is 24.5. The first-order valence-corrected chi connectivity index (χ1v) is 11.0. The number of thiophene rings is 1. The van der Waals surface area contributed by atoms with Crippen LogP contribution in [0.3, 0.4) is 0 Å². The molecule has 10 nitrogen and oxygen atoms in total. The molecular formula is C23H21N3O7S. The van der Waals surface area contributed by atoms with Crippen molar-refractivity contribution < 1.29 is 28.7 Å². The Labute approximate surface area is 198 Å². The first kappa shape index (κ1) is 24.4. The molecular weight excluding hydrogens is 462 g/mol. The second-order valence-corrected chi connectivity index (χ2v) is 7.76. The third-order valence-electron chi connectivity index (χ3n) is 4.27. The summed E-state index contributed by atoms with van der Waals surface area (Å²) >= 11 is 1.27. The van der Waals surface area contributed by atoms with Crippen LogP contribution in [0.2, 0.25) is 0 Å². The summed E-state index contributed by atoms with van der Waals surface area (Å²) in [5.41, 5.74) is 3.35. The number of hydrogen-bond acceptors (Lipinski definition) is 9. The van der Waals surface area contributed by atoms with Crippen molar-refractivity contribution in [2.75, 3.05) is 13.2 Å². The molecule has 3 aromatic rings. The molecule has 1 heterocycles. The normalized spacial score (nSPS) is 10.6. The van der Waals surface area contributed by atoms with Crippen LogP contribution >= 0.6 is 11.3 Å². The van der Waals surface area contributed by atoms with Crippen LogP contribution in [0.15, 0.2) is 59.0 Å². The minimum Gasteiger partial charge on any atom is -0.490 e. The average molecular weight is 484 g/mol. The monoisotopic (exact) mass is 483 g/mol. The van der Waals surface area contributed by atoms with E-state index in [9.17, 15) is 19.7 Å². The van der Waals surface area contributed by atoms with Gasteiger partial charge in [0, 0.05) is 6.07 Å². The first-order chi connectivity index (χ1) is 16.4. The van der Waals surface area contributed by atoms with E-state index in [2.05, 4.69) is 10.5 Å². The average Bonchev–Trinajstić information content (AvgIpc) is 3.35. The number of benzene rings is 2. The predicted molar refractivity (Wildman–Crippen MR) is 126 cm³/mol. The van der Waals surface area contributed by atoms with E-state index in [1.165, 1.54) is 29.7 Å². The Kier molecular flexibility index (Phi) is 8.30. The molecule has 0 aliphatic carbocycles. The van der Waals surface area contributed by atoms with E-state index < -0.39 is 23.4 Å². The number of nitro groups is 1. The molecule has 176 valence electrons. The minimum absolute atomic E-state index is 0.0104. The third kappa shape index (κ3) is 6.62. The van der Waals surface area contributed by atoms with Crippen LogP contribution in [0, 0.1) is 17.0 Å². The van der Waals surface area contributed by atoms with E-state index in [0.29, 0.717) is 28.4 Å². The topological polar surface area (TPSA) is 129 Å². The number of rotatable bonds is 10. The Morgan fingerprint density at radius 2 is 1.91 bits per heavy atom. The SMILES string of the molecule is CCOc1cc(C=NNC(=O)COc2ccc(C)cc2[N+](=O)[O-])ccc1OC(=O)c1cccs1. The molecule has 0 unspecified atom stereocenters. The molecule has 1 N–H and O–H groups in total. The van der Waals surface area contributed by atoms with E-state index >= 15 is 0 Å². The molecule has 1 amide bonds. The smallest absolute Gasteiger partial charge is 0.353 e. The van der Waals surface area contributed by atoms with Crippen molar-refractivity contribution in [2.24, 2.45) is 5.10 Å². The van der Waals surface area contributed by atoms with Gasteiger partial charge in [-0.3, -0.25) is 14.9 Å². The number of nitrogens with zero attached hydrogens (tertiary/aromatic N) is 2. The van der Waals surface area contributed by atoms with Crippen LogP contribution in [0.1, 0.15) is 27.7 Å². The lowest BCUT2D eigenvalue weighted by Crippen LogP contribution is -2.24. The van der Waals surface area contributed by atoms with Gasteiger partial charge in [0.25, 0.3) is 5.91 Å². The molecule has 11 heteroatoms. The second kappa shape index (κ2) is 11.6. The number of aryl methyl sites for hydroxylation is 1. The summed E-state index contributed by atoms with van der Waals surface area (Å²) in [5.74, 6) is -0.493. The van der Waals surface area contributed by atoms with Gasteiger partial charge in [-0.15, -0.1) is 11.3 Å². The lowest BCUT2D eigenvalue weighted by Gasteiger charge is -2.10. The highest BCUT2D eigenvalue weighted by Crippen LogP contribution is 2.29. The quantitative estimate of drug-likeness (QED) is 0.151. The molecule has 0 fully saturated rings. The maximum Gasteiger partial charge on any atom is 0.353 e. The van der Waals surface area contributed by atoms with Crippen LogP contribution in [-0.4, -0.2) is 36.2 Å². The molecule has 0 saturated heterocycles. The zero-order valence-corrected chi connectivity index (χ0v) is 19.2. The van der Waals surface area contributed by atoms with Gasteiger partial charge in [-0.05, 0) is 60.7 Å². The van der Waals surface area contributed by atoms with Gasteiger partial charge in [-0.1, -0.05) is 12.1 Å². The highest BCUT2D eigenvalue weighted by atomic mass is 32.1. The van der Waals surface area contributed by atoms with Crippen molar-refractivity contribution in [3.63, 3.8) is 0 Å². The van der Waals surface area contributed by atoms with Crippen molar-refractivity contribution in [2.45, 2.75) is 13.8 Å². The summed E-state index contributed by atoms with van der Waals surface area (Å²) in [6.07, 6.45) is 1.37. The van der Waals surface area contributed by atoms with E-state index in [1.807, 2.05) is 0 Å². The molecule has 3 rings (SSSR count). The number of ether oxygens (including phenoxy) is 3. The molecule has 0 bridgehead atoms. The molecule has 0 saturated carbocycles. The summed E-state index contributed by atoms with van der Waals surface area (Å²) in [6.45, 7) is 3.41. The Morgan fingerprint density at radius 3 is 2.62 bits per heavy atom. The fourth-order valence-electron chi connectivity index (χ4n) is 2.75. The van der Waals surface area contributed by atoms with Gasteiger partial charge in [0.05, 0.1) is 17.7 Å². The third-order valence-corrected chi connectivity index (χ3v) is 5.12. The minimum atomic E-state index is -0.599. The van der Waals surface area contributed by atoms with E-state index in [0.717, 1.165) is 0 Å². The predicted octanol–water partition coefficient (Wildman–Crippen LogP) is 4.11. The molecule has 2 aromatic carbocycles. The lowest BCUT2D eigenvalue weighted by molar-refractivity contribution is -0.385. The lowest BCUT2D eigenvalue weighted by atomic mass is 10.2. The zero-order valence-electron chi connectivity index (χ0n) is 18.3. The second-order valence-electron chi connectivity index (χ2n) is 6.82. The van der Waals surface area contributed by atoms with Crippen LogP contribution in [0.5, 0.6) is 17.2 Å². The van der Waals surface area contributed by atoms with Gasteiger partial charge in [-0.2, -0.15) is 5.10 Å². The Balaban J connectivity index is 1.59. The van der Waals surface area contributed by atoms with Crippen LogP contribution in [0.25, 0.3) is 0 Å². The number of hydrazone groups is 1. The fraction of sp³-hybridized carbons (Fsp3) is 0.174. The molecule has 34 heavy (non-hydrogen) atoms.